The summed E-state index contributed by atoms with van der Waals surface area (Å²) in [5.41, 5.74) is 8.61. The minimum atomic E-state index is -0.999. The smallest absolute Gasteiger partial charge is 0.337 e. The maximum Gasteiger partial charge on any atom is 0.337 e. The summed E-state index contributed by atoms with van der Waals surface area (Å²) in [5.74, 6) is -0.999. The van der Waals surface area contributed by atoms with Crippen LogP contribution in [0.4, 0.5) is 5.69 Å². The standard InChI is InChI=1S/C15H15NO2S/c1-9-3-6-14(10(2)7-9)19-11-4-5-12(15(17)18)13(16)8-11/h3-8H,16H2,1-2H3,(H,17,18). The monoisotopic (exact) mass is 273 g/mol. The van der Waals surface area contributed by atoms with Gasteiger partial charge in [0.25, 0.3) is 0 Å². The van der Waals surface area contributed by atoms with Gasteiger partial charge in [-0.05, 0) is 43.7 Å². The maximum absolute atomic E-state index is 10.9. The van der Waals surface area contributed by atoms with Gasteiger partial charge in [0.2, 0.25) is 0 Å². The highest BCUT2D eigenvalue weighted by atomic mass is 32.2. The number of aryl methyl sites for hydroxylation is 2. The Hall–Kier alpha value is -1.94. The summed E-state index contributed by atoms with van der Waals surface area (Å²) in [5, 5.41) is 8.93. The van der Waals surface area contributed by atoms with E-state index in [0.29, 0.717) is 5.69 Å². The third-order valence-electron chi connectivity index (χ3n) is 2.81. The van der Waals surface area contributed by atoms with Gasteiger partial charge >= 0.3 is 5.97 Å². The van der Waals surface area contributed by atoms with Gasteiger partial charge in [-0.15, -0.1) is 0 Å². The molecule has 19 heavy (non-hydrogen) atoms. The third kappa shape index (κ3) is 3.09. The van der Waals surface area contributed by atoms with Crippen molar-refractivity contribution in [3.63, 3.8) is 0 Å². The Morgan fingerprint density at radius 3 is 2.47 bits per heavy atom. The molecule has 0 amide bonds. The zero-order valence-corrected chi connectivity index (χ0v) is 11.6. The molecule has 0 heterocycles. The summed E-state index contributed by atoms with van der Waals surface area (Å²) < 4.78 is 0. The Labute approximate surface area is 116 Å². The number of carboxylic acids is 1. The summed E-state index contributed by atoms with van der Waals surface area (Å²) >= 11 is 1.58. The average Bonchev–Trinajstić information content (AvgIpc) is 2.32. The van der Waals surface area contributed by atoms with Crippen molar-refractivity contribution in [3.8, 4) is 0 Å². The lowest BCUT2D eigenvalue weighted by Gasteiger charge is -2.08. The van der Waals surface area contributed by atoms with Crippen molar-refractivity contribution in [1.29, 1.82) is 0 Å². The zero-order valence-electron chi connectivity index (χ0n) is 10.8. The van der Waals surface area contributed by atoms with Crippen LogP contribution in [0.3, 0.4) is 0 Å². The lowest BCUT2D eigenvalue weighted by atomic mass is 10.2. The van der Waals surface area contributed by atoms with E-state index < -0.39 is 5.97 Å². The minimum Gasteiger partial charge on any atom is -0.478 e. The highest BCUT2D eigenvalue weighted by Crippen LogP contribution is 2.32. The van der Waals surface area contributed by atoms with Crippen molar-refractivity contribution in [2.75, 3.05) is 5.73 Å². The van der Waals surface area contributed by atoms with Crippen LogP contribution in [0.25, 0.3) is 0 Å². The second-order valence-electron chi connectivity index (χ2n) is 4.43. The highest BCUT2D eigenvalue weighted by Gasteiger charge is 2.09. The van der Waals surface area contributed by atoms with Crippen LogP contribution < -0.4 is 5.73 Å². The van der Waals surface area contributed by atoms with Crippen LogP contribution in [0, 0.1) is 13.8 Å². The lowest BCUT2D eigenvalue weighted by Crippen LogP contribution is -2.01. The van der Waals surface area contributed by atoms with E-state index in [2.05, 4.69) is 32.0 Å². The topological polar surface area (TPSA) is 63.3 Å². The number of hydrogen-bond acceptors (Lipinski definition) is 3. The first-order valence-electron chi connectivity index (χ1n) is 5.85. The van der Waals surface area contributed by atoms with E-state index in [4.69, 9.17) is 10.8 Å². The Morgan fingerprint density at radius 1 is 1.16 bits per heavy atom. The van der Waals surface area contributed by atoms with E-state index in [1.54, 1.807) is 30.0 Å². The average molecular weight is 273 g/mol. The molecule has 0 atom stereocenters. The predicted molar refractivity (Wildman–Crippen MR) is 77.9 cm³/mol. The van der Waals surface area contributed by atoms with Gasteiger partial charge in [0.1, 0.15) is 0 Å². The molecule has 3 N–H and O–H groups in total. The van der Waals surface area contributed by atoms with Crippen molar-refractivity contribution in [1.82, 2.24) is 0 Å². The second-order valence-corrected chi connectivity index (χ2v) is 5.54. The van der Waals surface area contributed by atoms with Crippen LogP contribution in [0.1, 0.15) is 21.5 Å². The second kappa shape index (κ2) is 5.36. The number of carboxylic acid groups (broad SMARTS) is 1. The van der Waals surface area contributed by atoms with Gasteiger partial charge in [0.05, 0.1) is 5.56 Å². The van der Waals surface area contributed by atoms with Crippen LogP contribution in [0.15, 0.2) is 46.2 Å². The quantitative estimate of drug-likeness (QED) is 0.836. The molecule has 0 radical (unpaired) electrons. The van der Waals surface area contributed by atoms with Crippen LogP contribution in [0.2, 0.25) is 0 Å². The first-order valence-corrected chi connectivity index (χ1v) is 6.67. The summed E-state index contributed by atoms with van der Waals surface area (Å²) in [6.45, 7) is 4.12. The molecule has 0 bridgehead atoms. The van der Waals surface area contributed by atoms with Gasteiger partial charge in [-0.1, -0.05) is 29.5 Å². The number of carbonyl (C=O) groups is 1. The third-order valence-corrected chi connectivity index (χ3v) is 3.98. The summed E-state index contributed by atoms with van der Waals surface area (Å²) in [4.78, 5) is 13.0. The lowest BCUT2D eigenvalue weighted by molar-refractivity contribution is 0.0698. The van der Waals surface area contributed by atoms with Crippen molar-refractivity contribution in [2.24, 2.45) is 0 Å². The molecular formula is C15H15NO2S. The van der Waals surface area contributed by atoms with E-state index in [1.165, 1.54) is 11.1 Å². The van der Waals surface area contributed by atoms with Crippen molar-refractivity contribution < 1.29 is 9.90 Å². The predicted octanol–water partition coefficient (Wildman–Crippen LogP) is 3.74. The fourth-order valence-electron chi connectivity index (χ4n) is 1.84. The van der Waals surface area contributed by atoms with Crippen LogP contribution in [-0.2, 0) is 0 Å². The minimum absolute atomic E-state index is 0.143. The molecule has 0 fully saturated rings. The fourth-order valence-corrected chi connectivity index (χ4v) is 2.77. The molecule has 2 aromatic carbocycles. The van der Waals surface area contributed by atoms with E-state index in [0.717, 1.165) is 9.79 Å². The normalized spacial score (nSPS) is 10.4. The fraction of sp³-hybridized carbons (Fsp3) is 0.133. The Balaban J connectivity index is 2.29. The molecule has 2 aromatic rings. The number of nitrogens with two attached hydrogens (primary N) is 1. The zero-order chi connectivity index (χ0) is 14.0. The molecule has 0 aliphatic carbocycles. The molecular weight excluding hydrogens is 258 g/mol. The number of rotatable bonds is 3. The maximum atomic E-state index is 10.9. The van der Waals surface area contributed by atoms with Gasteiger partial charge in [-0.3, -0.25) is 0 Å². The van der Waals surface area contributed by atoms with Gasteiger partial charge in [-0.2, -0.15) is 0 Å². The van der Waals surface area contributed by atoms with Crippen molar-refractivity contribution in [2.45, 2.75) is 23.6 Å². The molecule has 0 aliphatic rings. The van der Waals surface area contributed by atoms with E-state index in [-0.39, 0.29) is 5.56 Å². The van der Waals surface area contributed by atoms with Crippen LogP contribution in [-0.4, -0.2) is 11.1 Å². The van der Waals surface area contributed by atoms with Crippen molar-refractivity contribution >= 4 is 23.4 Å². The first-order chi connectivity index (χ1) is 8.97. The van der Waals surface area contributed by atoms with Gasteiger partial charge in [0.15, 0.2) is 0 Å². The SMILES string of the molecule is Cc1ccc(Sc2ccc(C(=O)O)c(N)c2)c(C)c1. The Kier molecular flexibility index (Phi) is 3.81. The molecule has 3 nitrogen and oxygen atoms in total. The number of aromatic carboxylic acids is 1. The molecule has 0 saturated carbocycles. The first kappa shape index (κ1) is 13.5. The molecule has 4 heteroatoms. The largest absolute Gasteiger partial charge is 0.478 e. The molecule has 0 spiro atoms. The number of anilines is 1. The van der Waals surface area contributed by atoms with Crippen molar-refractivity contribution in [3.05, 3.63) is 53.1 Å². The van der Waals surface area contributed by atoms with E-state index in [1.807, 2.05) is 0 Å². The molecule has 0 unspecified atom stereocenters. The number of nitrogen functional groups attached to an aromatic ring is 1. The summed E-state index contributed by atoms with van der Waals surface area (Å²) in [7, 11) is 0. The molecule has 0 aromatic heterocycles. The summed E-state index contributed by atoms with van der Waals surface area (Å²) in [6, 6.07) is 11.3. The molecule has 98 valence electrons. The molecule has 0 aliphatic heterocycles. The number of hydrogen-bond donors (Lipinski definition) is 2. The van der Waals surface area contributed by atoms with Crippen LogP contribution >= 0.6 is 11.8 Å². The Morgan fingerprint density at radius 2 is 1.89 bits per heavy atom. The van der Waals surface area contributed by atoms with Gasteiger partial charge in [-0.25, -0.2) is 4.79 Å². The Bertz CT molecular complexity index is 638. The van der Waals surface area contributed by atoms with E-state index in [9.17, 15) is 4.79 Å². The number of benzene rings is 2. The highest BCUT2D eigenvalue weighted by molar-refractivity contribution is 7.99. The van der Waals surface area contributed by atoms with Crippen LogP contribution in [0.5, 0.6) is 0 Å². The van der Waals surface area contributed by atoms with E-state index >= 15 is 0 Å². The molecule has 0 saturated heterocycles. The van der Waals surface area contributed by atoms with Gasteiger partial charge < -0.3 is 10.8 Å². The molecule has 2 rings (SSSR count). The summed E-state index contributed by atoms with van der Waals surface area (Å²) in [6.07, 6.45) is 0. The van der Waals surface area contributed by atoms with Gasteiger partial charge in [0, 0.05) is 15.5 Å².